The first kappa shape index (κ1) is 22.3. The Morgan fingerprint density at radius 1 is 1.07 bits per heavy atom. The minimum absolute atomic E-state index is 0. The molecule has 1 aliphatic carbocycles. The topological polar surface area (TPSA) is 54.2 Å². The zero-order valence-electron chi connectivity index (χ0n) is 17.0. The lowest BCUT2D eigenvalue weighted by Crippen LogP contribution is -2.41. The number of benzene rings is 2. The first-order valence-corrected chi connectivity index (χ1v) is 9.93. The molecule has 0 aliphatic heterocycles. The highest BCUT2D eigenvalue weighted by Gasteiger charge is 2.44. The molecule has 1 aromatic heterocycles. The van der Waals surface area contributed by atoms with E-state index >= 15 is 0 Å². The van der Waals surface area contributed by atoms with Crippen molar-refractivity contribution < 1.29 is 4.39 Å². The van der Waals surface area contributed by atoms with Gasteiger partial charge < -0.3 is 10.6 Å². The first-order chi connectivity index (χ1) is 14.2. The number of halogens is 2. The van der Waals surface area contributed by atoms with E-state index in [2.05, 4.69) is 38.9 Å². The molecule has 1 saturated carbocycles. The maximum absolute atomic E-state index is 13.2. The Hall–Kier alpha value is -2.42. The van der Waals surface area contributed by atoms with Crippen LogP contribution in [0.5, 0.6) is 0 Å². The van der Waals surface area contributed by atoms with Crippen LogP contribution in [0.2, 0.25) is 0 Å². The molecule has 158 valence electrons. The third kappa shape index (κ3) is 5.38. The number of hydrogen-bond donors (Lipinski definition) is 2. The summed E-state index contributed by atoms with van der Waals surface area (Å²) in [6.07, 6.45) is 5.97. The minimum Gasteiger partial charge on any atom is -0.356 e. The Balaban J connectivity index is 0.00000256. The van der Waals surface area contributed by atoms with E-state index in [4.69, 9.17) is 0 Å². The zero-order chi connectivity index (χ0) is 20.1. The Morgan fingerprint density at radius 3 is 2.43 bits per heavy atom. The number of hydrogen-bond acceptors (Lipinski definition) is 2. The van der Waals surface area contributed by atoms with Crippen molar-refractivity contribution in [3.8, 4) is 0 Å². The van der Waals surface area contributed by atoms with E-state index < -0.39 is 0 Å². The summed E-state index contributed by atoms with van der Waals surface area (Å²) in [5, 5.41) is 11.2. The number of aliphatic imine (C=N–C) groups is 1. The predicted molar refractivity (Wildman–Crippen MR) is 129 cm³/mol. The van der Waals surface area contributed by atoms with E-state index in [9.17, 15) is 4.39 Å². The molecule has 7 heteroatoms. The van der Waals surface area contributed by atoms with E-state index in [1.807, 2.05) is 35.1 Å². The van der Waals surface area contributed by atoms with Gasteiger partial charge in [-0.3, -0.25) is 9.67 Å². The van der Waals surface area contributed by atoms with Crippen molar-refractivity contribution in [1.82, 2.24) is 20.4 Å². The molecule has 5 nitrogen and oxygen atoms in total. The van der Waals surface area contributed by atoms with Gasteiger partial charge in [0.15, 0.2) is 5.96 Å². The van der Waals surface area contributed by atoms with Crippen LogP contribution >= 0.6 is 24.0 Å². The van der Waals surface area contributed by atoms with Crippen molar-refractivity contribution in [3.05, 3.63) is 89.5 Å². The molecule has 0 saturated heterocycles. The molecule has 30 heavy (non-hydrogen) atoms. The summed E-state index contributed by atoms with van der Waals surface area (Å²) in [5.74, 6) is 0.580. The average Bonchev–Trinajstić information content (AvgIpc) is 3.36. The molecule has 1 heterocycles. The third-order valence-electron chi connectivity index (χ3n) is 5.58. The Labute approximate surface area is 193 Å². The highest BCUT2D eigenvalue weighted by Crippen LogP contribution is 2.47. The Kier molecular flexibility index (Phi) is 7.47. The maximum Gasteiger partial charge on any atom is 0.191 e. The van der Waals surface area contributed by atoms with E-state index in [1.165, 1.54) is 16.7 Å². The van der Waals surface area contributed by atoms with Gasteiger partial charge in [-0.2, -0.15) is 5.10 Å². The summed E-state index contributed by atoms with van der Waals surface area (Å²) in [4.78, 5) is 4.36. The number of nitrogens with one attached hydrogen (secondary N) is 2. The SMILES string of the molecule is CN=C(NCc1ccccc1Cn1cccn1)NCC1(c2ccc(F)cc2)CC1.I. The van der Waals surface area contributed by atoms with Crippen LogP contribution in [-0.4, -0.2) is 29.3 Å². The fourth-order valence-electron chi connectivity index (χ4n) is 3.63. The molecule has 0 radical (unpaired) electrons. The van der Waals surface area contributed by atoms with Crippen molar-refractivity contribution >= 4 is 29.9 Å². The van der Waals surface area contributed by atoms with E-state index in [0.717, 1.165) is 31.9 Å². The molecule has 0 spiro atoms. The summed E-state index contributed by atoms with van der Waals surface area (Å²) >= 11 is 0. The van der Waals surface area contributed by atoms with Gasteiger partial charge >= 0.3 is 0 Å². The Morgan fingerprint density at radius 2 is 1.80 bits per heavy atom. The van der Waals surface area contributed by atoms with Crippen LogP contribution < -0.4 is 10.6 Å². The van der Waals surface area contributed by atoms with Gasteiger partial charge in [-0.15, -0.1) is 24.0 Å². The van der Waals surface area contributed by atoms with Gasteiger partial charge in [0.2, 0.25) is 0 Å². The predicted octanol–water partition coefficient (Wildman–Crippen LogP) is 4.09. The zero-order valence-corrected chi connectivity index (χ0v) is 19.3. The molecule has 0 unspecified atom stereocenters. The second kappa shape index (κ2) is 10.1. The molecule has 0 atom stereocenters. The molecule has 0 bridgehead atoms. The van der Waals surface area contributed by atoms with Crippen molar-refractivity contribution in [2.45, 2.75) is 31.3 Å². The van der Waals surface area contributed by atoms with Crippen molar-refractivity contribution in [1.29, 1.82) is 0 Å². The lowest BCUT2D eigenvalue weighted by molar-refractivity contribution is 0.617. The van der Waals surface area contributed by atoms with Crippen molar-refractivity contribution in [3.63, 3.8) is 0 Å². The second-order valence-electron chi connectivity index (χ2n) is 7.54. The van der Waals surface area contributed by atoms with Gasteiger partial charge in [0.05, 0.1) is 6.54 Å². The van der Waals surface area contributed by atoms with Gasteiger partial charge in [-0.25, -0.2) is 4.39 Å². The van der Waals surface area contributed by atoms with Gasteiger partial charge in [0.1, 0.15) is 5.82 Å². The van der Waals surface area contributed by atoms with Gasteiger partial charge in [0, 0.05) is 37.9 Å². The van der Waals surface area contributed by atoms with E-state index in [-0.39, 0.29) is 35.2 Å². The van der Waals surface area contributed by atoms with Crippen LogP contribution in [0.25, 0.3) is 0 Å². The maximum atomic E-state index is 13.2. The average molecular weight is 519 g/mol. The largest absolute Gasteiger partial charge is 0.356 e. The lowest BCUT2D eigenvalue weighted by atomic mass is 9.96. The van der Waals surface area contributed by atoms with Gasteiger partial charge in [-0.05, 0) is 47.7 Å². The second-order valence-corrected chi connectivity index (χ2v) is 7.54. The first-order valence-electron chi connectivity index (χ1n) is 9.93. The molecular formula is C23H27FIN5. The van der Waals surface area contributed by atoms with Crippen molar-refractivity contribution in [2.75, 3.05) is 13.6 Å². The molecule has 1 fully saturated rings. The molecule has 1 aliphatic rings. The lowest BCUT2D eigenvalue weighted by Gasteiger charge is -2.19. The van der Waals surface area contributed by atoms with Crippen LogP contribution in [0.4, 0.5) is 4.39 Å². The smallest absolute Gasteiger partial charge is 0.191 e. The molecule has 0 amide bonds. The van der Waals surface area contributed by atoms with Gasteiger partial charge in [-0.1, -0.05) is 36.4 Å². The fourth-order valence-corrected chi connectivity index (χ4v) is 3.63. The number of guanidine groups is 1. The summed E-state index contributed by atoms with van der Waals surface area (Å²) in [6.45, 7) is 2.21. The highest BCUT2D eigenvalue weighted by molar-refractivity contribution is 14.0. The Bertz CT molecular complexity index is 966. The van der Waals surface area contributed by atoms with Crippen LogP contribution in [0.15, 0.2) is 72.0 Å². The van der Waals surface area contributed by atoms with E-state index in [0.29, 0.717) is 6.54 Å². The normalized spacial score (nSPS) is 14.7. The van der Waals surface area contributed by atoms with Crippen LogP contribution in [0.1, 0.15) is 29.5 Å². The summed E-state index contributed by atoms with van der Waals surface area (Å²) in [7, 11) is 1.78. The third-order valence-corrected chi connectivity index (χ3v) is 5.58. The summed E-state index contributed by atoms with van der Waals surface area (Å²) in [5.41, 5.74) is 3.71. The molecule has 4 rings (SSSR count). The van der Waals surface area contributed by atoms with Crippen molar-refractivity contribution in [2.24, 2.45) is 4.99 Å². The molecule has 2 aromatic carbocycles. The van der Waals surface area contributed by atoms with Crippen LogP contribution in [0.3, 0.4) is 0 Å². The summed E-state index contributed by atoms with van der Waals surface area (Å²) < 4.78 is 15.1. The standard InChI is InChI=1S/C23H26FN5.HI/c1-25-22(27-17-23(11-12-23)20-7-9-21(24)10-8-20)26-15-18-5-2-3-6-19(18)16-29-14-4-13-28-29;/h2-10,13-14H,11-12,15-17H2,1H3,(H2,25,26,27);1H. The molecular weight excluding hydrogens is 492 g/mol. The minimum atomic E-state index is -0.191. The van der Waals surface area contributed by atoms with E-state index in [1.54, 1.807) is 25.4 Å². The fraction of sp³-hybridized carbons (Fsp3) is 0.304. The molecule has 2 N–H and O–H groups in total. The quantitative estimate of drug-likeness (QED) is 0.281. The monoisotopic (exact) mass is 519 g/mol. The number of aromatic nitrogens is 2. The van der Waals surface area contributed by atoms with Gasteiger partial charge in [0.25, 0.3) is 0 Å². The highest BCUT2D eigenvalue weighted by atomic mass is 127. The molecule has 3 aromatic rings. The van der Waals surface area contributed by atoms with Crippen LogP contribution in [-0.2, 0) is 18.5 Å². The van der Waals surface area contributed by atoms with Crippen LogP contribution in [0, 0.1) is 5.82 Å². The number of nitrogens with zero attached hydrogens (tertiary/aromatic N) is 3. The number of rotatable bonds is 7. The summed E-state index contributed by atoms with van der Waals surface area (Å²) in [6, 6.07) is 17.2.